The average molecular weight is 332 g/mol. The Kier molecular flexibility index (Phi) is 5.98. The lowest BCUT2D eigenvalue weighted by molar-refractivity contribution is 0.0887. The normalized spacial score (nSPS) is 12.2. The third kappa shape index (κ3) is 4.58. The third-order valence-corrected chi connectivity index (χ3v) is 3.97. The summed E-state index contributed by atoms with van der Waals surface area (Å²) in [6.07, 6.45) is 0. The number of nitrogens with one attached hydrogen (secondary N) is 1. The van der Waals surface area contributed by atoms with Crippen LogP contribution in [0.4, 0.5) is 0 Å². The number of amides is 1. The van der Waals surface area contributed by atoms with Crippen molar-refractivity contribution >= 4 is 5.91 Å². The second-order valence-corrected chi connectivity index (χ2v) is 6.22. The van der Waals surface area contributed by atoms with Gasteiger partial charge in [-0.3, -0.25) is 4.79 Å². The van der Waals surface area contributed by atoms with Gasteiger partial charge in [0.25, 0.3) is 5.91 Å². The maximum Gasteiger partial charge on any atom is 0.273 e. The number of aliphatic hydroxyl groups excluding tert-OH is 1. The van der Waals surface area contributed by atoms with E-state index < -0.39 is 0 Å². The molecular formula is C18H24N2O4. The first-order valence-corrected chi connectivity index (χ1v) is 7.98. The molecule has 0 bridgehead atoms. The van der Waals surface area contributed by atoms with Crippen molar-refractivity contribution in [2.75, 3.05) is 6.61 Å². The summed E-state index contributed by atoms with van der Waals surface area (Å²) in [4.78, 5) is 12.1. The van der Waals surface area contributed by atoms with Crippen LogP contribution in [0, 0.1) is 19.8 Å². The molecule has 1 unspecified atom stereocenters. The van der Waals surface area contributed by atoms with Crippen LogP contribution in [0.2, 0.25) is 0 Å². The average Bonchev–Trinajstić information content (AvgIpc) is 3.02. The van der Waals surface area contributed by atoms with Gasteiger partial charge in [0.05, 0.1) is 12.6 Å². The van der Waals surface area contributed by atoms with E-state index in [2.05, 4.69) is 10.5 Å². The number of nitrogens with zero attached hydrogens (tertiary/aromatic N) is 1. The van der Waals surface area contributed by atoms with E-state index in [4.69, 9.17) is 9.26 Å². The van der Waals surface area contributed by atoms with Crippen LogP contribution in [0.15, 0.2) is 28.8 Å². The Hall–Kier alpha value is -2.34. The van der Waals surface area contributed by atoms with Crippen molar-refractivity contribution in [2.45, 2.75) is 40.3 Å². The number of aliphatic hydroxyl groups is 1. The maximum atomic E-state index is 12.1. The molecule has 0 saturated heterocycles. The largest absolute Gasteiger partial charge is 0.486 e. The minimum Gasteiger partial charge on any atom is -0.486 e. The van der Waals surface area contributed by atoms with Crippen LogP contribution in [0.25, 0.3) is 0 Å². The SMILES string of the molecule is Cc1ccc(OCc2cc(C(=O)NC(CO)C(C)C)no2)cc1C. The molecule has 1 atom stereocenters. The molecule has 1 amide bonds. The van der Waals surface area contributed by atoms with Gasteiger partial charge in [-0.25, -0.2) is 0 Å². The van der Waals surface area contributed by atoms with E-state index in [1.54, 1.807) is 6.07 Å². The fourth-order valence-electron chi connectivity index (χ4n) is 2.11. The lowest BCUT2D eigenvalue weighted by atomic mass is 10.1. The standard InChI is InChI=1S/C18H24N2O4/c1-11(2)17(9-21)19-18(22)16-8-15(24-20-16)10-23-14-6-5-12(3)13(4)7-14/h5-8,11,17,21H,9-10H2,1-4H3,(H,19,22). The Morgan fingerprint density at radius 3 is 2.67 bits per heavy atom. The van der Waals surface area contributed by atoms with E-state index in [1.807, 2.05) is 45.9 Å². The summed E-state index contributed by atoms with van der Waals surface area (Å²) in [5.41, 5.74) is 2.52. The predicted octanol–water partition coefficient (Wildman–Crippen LogP) is 2.62. The molecule has 0 aliphatic heterocycles. The second kappa shape index (κ2) is 7.97. The second-order valence-electron chi connectivity index (χ2n) is 6.22. The first kappa shape index (κ1) is 18.0. The third-order valence-electron chi connectivity index (χ3n) is 3.97. The van der Waals surface area contributed by atoms with E-state index in [0.717, 1.165) is 11.3 Å². The summed E-state index contributed by atoms with van der Waals surface area (Å²) in [6, 6.07) is 7.06. The van der Waals surface area contributed by atoms with E-state index in [9.17, 15) is 9.90 Å². The molecule has 2 aromatic rings. The van der Waals surface area contributed by atoms with Crippen LogP contribution in [-0.2, 0) is 6.61 Å². The van der Waals surface area contributed by atoms with Gasteiger partial charge in [0.2, 0.25) is 0 Å². The molecular weight excluding hydrogens is 308 g/mol. The summed E-state index contributed by atoms with van der Waals surface area (Å²) in [5, 5.41) is 15.8. The number of hydrogen-bond donors (Lipinski definition) is 2. The zero-order valence-electron chi connectivity index (χ0n) is 14.5. The summed E-state index contributed by atoms with van der Waals surface area (Å²) < 4.78 is 10.8. The highest BCUT2D eigenvalue weighted by Gasteiger charge is 2.19. The Balaban J connectivity index is 1.95. The van der Waals surface area contributed by atoms with E-state index in [-0.39, 0.29) is 36.8 Å². The molecule has 0 fully saturated rings. The van der Waals surface area contributed by atoms with Crippen molar-refractivity contribution in [1.29, 1.82) is 0 Å². The number of aromatic nitrogens is 1. The lowest BCUT2D eigenvalue weighted by Crippen LogP contribution is -2.41. The number of rotatable bonds is 7. The maximum absolute atomic E-state index is 12.1. The molecule has 1 aromatic carbocycles. The van der Waals surface area contributed by atoms with Gasteiger partial charge >= 0.3 is 0 Å². The zero-order chi connectivity index (χ0) is 17.7. The van der Waals surface area contributed by atoms with Gasteiger partial charge in [-0.15, -0.1) is 0 Å². The summed E-state index contributed by atoms with van der Waals surface area (Å²) in [6.45, 7) is 7.97. The number of carbonyl (C=O) groups is 1. The summed E-state index contributed by atoms with van der Waals surface area (Å²) in [7, 11) is 0. The Labute approximate surface area is 141 Å². The minimum absolute atomic E-state index is 0.121. The number of ether oxygens (including phenoxy) is 1. The minimum atomic E-state index is -0.371. The Bertz CT molecular complexity index is 694. The first-order chi connectivity index (χ1) is 11.4. The quantitative estimate of drug-likeness (QED) is 0.814. The van der Waals surface area contributed by atoms with Crippen LogP contribution >= 0.6 is 0 Å². The van der Waals surface area contributed by atoms with Crippen LogP contribution in [0.3, 0.4) is 0 Å². The molecule has 0 saturated carbocycles. The number of benzene rings is 1. The molecule has 130 valence electrons. The van der Waals surface area contributed by atoms with E-state index in [0.29, 0.717) is 5.76 Å². The molecule has 0 aliphatic rings. The molecule has 2 rings (SSSR count). The molecule has 1 heterocycles. The van der Waals surface area contributed by atoms with Crippen LogP contribution < -0.4 is 10.1 Å². The molecule has 6 nitrogen and oxygen atoms in total. The lowest BCUT2D eigenvalue weighted by Gasteiger charge is -2.18. The molecule has 2 N–H and O–H groups in total. The Morgan fingerprint density at radius 2 is 2.04 bits per heavy atom. The van der Waals surface area contributed by atoms with Crippen LogP contribution in [-0.4, -0.2) is 28.8 Å². The summed E-state index contributed by atoms with van der Waals surface area (Å²) in [5.74, 6) is 0.950. The van der Waals surface area contributed by atoms with Crippen LogP contribution in [0.1, 0.15) is 41.2 Å². The van der Waals surface area contributed by atoms with Gasteiger partial charge in [0.15, 0.2) is 11.5 Å². The topological polar surface area (TPSA) is 84.6 Å². The fraction of sp³-hybridized carbons (Fsp3) is 0.444. The molecule has 6 heteroatoms. The van der Waals surface area contributed by atoms with Crippen molar-refractivity contribution in [3.05, 3.63) is 46.8 Å². The predicted molar refractivity (Wildman–Crippen MR) is 89.9 cm³/mol. The fourth-order valence-corrected chi connectivity index (χ4v) is 2.11. The number of hydrogen-bond acceptors (Lipinski definition) is 5. The van der Waals surface area contributed by atoms with E-state index >= 15 is 0 Å². The number of carbonyl (C=O) groups excluding carboxylic acids is 1. The number of aryl methyl sites for hydroxylation is 2. The van der Waals surface area contributed by atoms with Gasteiger partial charge in [-0.2, -0.15) is 0 Å². The molecule has 24 heavy (non-hydrogen) atoms. The summed E-state index contributed by atoms with van der Waals surface area (Å²) >= 11 is 0. The van der Waals surface area contributed by atoms with Crippen molar-refractivity contribution in [3.63, 3.8) is 0 Å². The smallest absolute Gasteiger partial charge is 0.273 e. The van der Waals surface area contributed by atoms with Gasteiger partial charge in [0.1, 0.15) is 12.4 Å². The molecule has 1 aromatic heterocycles. The van der Waals surface area contributed by atoms with Crippen molar-refractivity contribution < 1.29 is 19.2 Å². The Morgan fingerprint density at radius 1 is 1.29 bits per heavy atom. The van der Waals surface area contributed by atoms with Gasteiger partial charge in [0, 0.05) is 6.07 Å². The van der Waals surface area contributed by atoms with Crippen molar-refractivity contribution in [1.82, 2.24) is 10.5 Å². The highest BCUT2D eigenvalue weighted by Crippen LogP contribution is 2.18. The van der Waals surface area contributed by atoms with Gasteiger partial charge in [-0.05, 0) is 43.0 Å². The van der Waals surface area contributed by atoms with Gasteiger partial charge < -0.3 is 19.7 Å². The molecule has 0 aliphatic carbocycles. The first-order valence-electron chi connectivity index (χ1n) is 7.98. The van der Waals surface area contributed by atoms with Crippen LogP contribution in [0.5, 0.6) is 5.75 Å². The van der Waals surface area contributed by atoms with E-state index in [1.165, 1.54) is 5.56 Å². The zero-order valence-corrected chi connectivity index (χ0v) is 14.5. The highest BCUT2D eigenvalue weighted by molar-refractivity contribution is 5.92. The molecule has 0 radical (unpaired) electrons. The van der Waals surface area contributed by atoms with Crippen molar-refractivity contribution in [2.24, 2.45) is 5.92 Å². The highest BCUT2D eigenvalue weighted by atomic mass is 16.5. The van der Waals surface area contributed by atoms with Gasteiger partial charge in [-0.1, -0.05) is 25.1 Å². The monoisotopic (exact) mass is 332 g/mol. The molecule has 0 spiro atoms. The van der Waals surface area contributed by atoms with Crippen molar-refractivity contribution in [3.8, 4) is 5.75 Å².